The second-order valence-corrected chi connectivity index (χ2v) is 45.9. The van der Waals surface area contributed by atoms with Gasteiger partial charge in [0.1, 0.15) is 40.0 Å². The van der Waals surface area contributed by atoms with Crippen molar-refractivity contribution >= 4 is 128 Å². The normalized spacial score (nSPS) is 20.4. The third-order valence-electron chi connectivity index (χ3n) is 31.5. The zero-order valence-electron chi connectivity index (χ0n) is 90.4. The number of benzene rings is 4. The summed E-state index contributed by atoms with van der Waals surface area (Å²) in [5.74, 6) is 7.54. The van der Waals surface area contributed by atoms with Gasteiger partial charge in [-0.2, -0.15) is 19.9 Å². The Kier molecular flexibility index (Phi) is 32.6. The van der Waals surface area contributed by atoms with Gasteiger partial charge in [0.2, 0.25) is 47.4 Å². The van der Waals surface area contributed by atoms with Crippen molar-refractivity contribution in [3.63, 3.8) is 0 Å². The number of nitrogens with one attached hydrogen (secondary N) is 7. The molecule has 11 heterocycles. The number of anilines is 15. The van der Waals surface area contributed by atoms with Gasteiger partial charge in [-0.05, 0) is 246 Å². The zero-order chi connectivity index (χ0) is 105. The quantitative estimate of drug-likeness (QED) is 0.0265. The fraction of sp³-hybridized carbons (Fsp3) is 0.580. The monoisotopic (exact) mass is 2030 g/mol. The molecule has 4 aromatic carbocycles. The molecule has 0 spiro atoms. The number of ether oxygens (including phenoxy) is 3. The van der Waals surface area contributed by atoms with Crippen LogP contribution in [0.2, 0.25) is 0 Å². The topological polar surface area (TPSA) is 370 Å². The van der Waals surface area contributed by atoms with E-state index in [-0.39, 0.29) is 65.6 Å². The van der Waals surface area contributed by atoms with Crippen LogP contribution in [0.4, 0.5) is 86.9 Å². The fourth-order valence-electron chi connectivity index (χ4n) is 22.7. The molecule has 0 bridgehead atoms. The van der Waals surface area contributed by atoms with Crippen molar-refractivity contribution < 1.29 is 47.8 Å². The van der Waals surface area contributed by atoms with Crippen LogP contribution in [-0.4, -0.2) is 272 Å². The van der Waals surface area contributed by atoms with Crippen LogP contribution >= 0.6 is 0 Å². The molecule has 148 heavy (non-hydrogen) atoms. The van der Waals surface area contributed by atoms with E-state index < -0.39 is 21.7 Å². The average molecular weight is 2030 g/mol. The minimum absolute atomic E-state index is 0.0582. The maximum atomic E-state index is 13.3. The first-order chi connectivity index (χ1) is 70.7. The number of piperidine rings is 1. The van der Waals surface area contributed by atoms with E-state index in [1.165, 1.54) is 69.8 Å². The lowest BCUT2D eigenvalue weighted by Crippen LogP contribution is -2.61. The first-order valence-corrected chi connectivity index (χ1v) is 53.8. The van der Waals surface area contributed by atoms with Crippen LogP contribution in [0, 0.1) is 27.6 Å². The molecule has 7 aliphatic heterocycles. The molecule has 5 saturated carbocycles. The fourth-order valence-corrected chi connectivity index (χ4v) is 22.7. The van der Waals surface area contributed by atoms with Crippen molar-refractivity contribution in [2.45, 2.75) is 272 Å². The summed E-state index contributed by atoms with van der Waals surface area (Å²) in [6.07, 6.45) is 29.9. The highest BCUT2D eigenvalue weighted by Gasteiger charge is 2.48. The SMILES string of the molecule is CC(C)Oc1cc(C(=O)NC2CCN(C)CC2)ccc1Nc1ncc2c(n1)N(C1CCCC1)CC(C)(C)C(=O)N2C.CN1C(=O)C(C)(C)CN(C2CCCC2)c2nc(NCc3ccccc3)ncc21.COc1cc(C(=O)NC2CN(C(C)C)C2)ccc1Nc1ncc2c(n1)N(C1CCCC1)CC(C)(C)C(=O)N2C.COc1cc(C(=O)NC2CN(CC3CC3)C2)ccc1Nc1ncc2c(n1)N(C1CCCC1)CC(C)(C)C(=O)N2C. The number of carbonyl (C=O) groups excluding carboxylic acids is 7. The number of methoxy groups -OCH3 is 2. The van der Waals surface area contributed by atoms with Gasteiger partial charge in [0.15, 0.2) is 23.3 Å². The van der Waals surface area contributed by atoms with E-state index in [2.05, 4.69) is 124 Å². The molecule has 7 N–H and O–H groups in total. The van der Waals surface area contributed by atoms with Gasteiger partial charge in [-0.1, -0.05) is 81.7 Å². The van der Waals surface area contributed by atoms with Gasteiger partial charge in [0, 0.05) is 147 Å². The lowest BCUT2D eigenvalue weighted by atomic mass is 9.91. The number of nitrogens with zero attached hydrogens (tertiary/aromatic N) is 19. The largest absolute Gasteiger partial charge is 0.495 e. The van der Waals surface area contributed by atoms with Crippen LogP contribution in [0.5, 0.6) is 17.2 Å². The zero-order valence-corrected chi connectivity index (χ0v) is 90.4. The van der Waals surface area contributed by atoms with E-state index in [1.807, 2.05) is 119 Å². The van der Waals surface area contributed by atoms with Gasteiger partial charge in [-0.15, -0.1) is 0 Å². The molecule has 0 atom stereocenters. The Morgan fingerprint density at radius 2 is 0.709 bits per heavy atom. The molecule has 20 rings (SSSR count). The van der Waals surface area contributed by atoms with Crippen LogP contribution in [0.15, 0.2) is 110 Å². The molecule has 36 heteroatoms. The second-order valence-electron chi connectivity index (χ2n) is 45.9. The summed E-state index contributed by atoms with van der Waals surface area (Å²) >= 11 is 0. The van der Waals surface area contributed by atoms with E-state index in [1.54, 1.807) is 110 Å². The molecule has 0 radical (unpaired) electrons. The number of carbonyl (C=O) groups is 7. The smallest absolute Gasteiger partial charge is 0.251 e. The summed E-state index contributed by atoms with van der Waals surface area (Å²) in [6, 6.07) is 28.9. The van der Waals surface area contributed by atoms with E-state index >= 15 is 0 Å². The first kappa shape index (κ1) is 106. The first-order valence-electron chi connectivity index (χ1n) is 53.8. The van der Waals surface area contributed by atoms with Gasteiger partial charge >= 0.3 is 0 Å². The molecule has 8 aromatic rings. The Bertz CT molecular complexity index is 6070. The Morgan fingerprint density at radius 3 is 1.04 bits per heavy atom. The Morgan fingerprint density at radius 1 is 0.392 bits per heavy atom. The minimum atomic E-state index is -0.548. The summed E-state index contributed by atoms with van der Waals surface area (Å²) in [6.45, 7) is 34.2. The maximum Gasteiger partial charge on any atom is 0.251 e. The van der Waals surface area contributed by atoms with Crippen molar-refractivity contribution in [2.75, 3.05) is 182 Å². The average Bonchev–Trinajstić information content (AvgIpc) is 1.63. The Labute approximate surface area is 872 Å². The van der Waals surface area contributed by atoms with Gasteiger partial charge in [0.05, 0.1) is 95.9 Å². The van der Waals surface area contributed by atoms with Crippen LogP contribution in [0.1, 0.15) is 248 Å². The molecule has 4 aromatic heterocycles. The van der Waals surface area contributed by atoms with Crippen molar-refractivity contribution in [3.05, 3.63) is 132 Å². The van der Waals surface area contributed by atoms with Gasteiger partial charge < -0.3 is 95.5 Å². The summed E-state index contributed by atoms with van der Waals surface area (Å²) < 4.78 is 17.4. The highest BCUT2D eigenvalue weighted by atomic mass is 16.5. The number of rotatable bonds is 26. The Hall–Kier alpha value is -12.8. The van der Waals surface area contributed by atoms with E-state index in [9.17, 15) is 33.6 Å². The molecule has 3 saturated heterocycles. The third kappa shape index (κ3) is 24.5. The minimum Gasteiger partial charge on any atom is -0.495 e. The molecule has 12 aliphatic rings. The number of hydrogen-bond donors (Lipinski definition) is 7. The second kappa shape index (κ2) is 45.3. The van der Waals surface area contributed by atoms with Crippen LogP contribution in [-0.2, 0) is 25.7 Å². The van der Waals surface area contributed by atoms with Crippen molar-refractivity contribution in [1.29, 1.82) is 0 Å². The predicted molar refractivity (Wildman–Crippen MR) is 583 cm³/mol. The lowest BCUT2D eigenvalue weighted by molar-refractivity contribution is -0.126. The number of aromatic nitrogens is 8. The van der Waals surface area contributed by atoms with Crippen molar-refractivity contribution in [3.8, 4) is 17.2 Å². The lowest BCUT2D eigenvalue weighted by Gasteiger charge is -2.42. The molecule has 794 valence electrons. The van der Waals surface area contributed by atoms with Crippen molar-refractivity contribution in [2.24, 2.45) is 27.6 Å². The number of fused-ring (bicyclic) bond motifs is 4. The maximum absolute atomic E-state index is 13.3. The molecule has 0 unspecified atom stereocenters. The standard InChI is InChI=1S/C31H45N7O3.C30H41N7O3.C29H41N7O3.C22H29N5O/c1-20(2)41-26-17-21(28(39)33-22-13-15-36(5)16-14-22)11-12-24(26)34-30-32-18-25-27(35-30)38(23-9-7-8-10-23)19-31(3,4)29(40)37(25)6;1-30(2)18-37(22-7-5-6-8-22)26-24(35(3)28(30)39)14-31-29(34-26)33-23-12-11-20(13-25(23)40-4)27(38)32-21-16-36(17-21)15-19-9-10-19;1-18(2)35-15-20(16-35)31-26(37)19-11-12-22(24(13-19)39-6)32-28-30-14-23-25(33-28)36(21-9-7-8-10-21)17-29(3,4)27(38)34(23)5;1-22(2)15-27(17-11-7-8-12-17)19-18(26(3)20(22)28)14-24-21(25-19)23-13-16-9-5-4-6-10-16/h11-12,17-18,20,22-23H,7-10,13-16,19H2,1-6H3,(H,33,39)(H,32,34,35);11-14,19,21-22H,5-10,15-18H2,1-4H3,(H,32,38)(H,31,33,34);11-14,18,20-21H,7-10,15-17H2,1-6H3,(H,31,37)(H,30,32,33);4-6,9-10,14,17H,7-8,11-13,15H2,1-3H3,(H,23,24,25). The van der Waals surface area contributed by atoms with Crippen LogP contribution < -0.4 is 90.6 Å². The third-order valence-corrected chi connectivity index (χ3v) is 31.5. The number of hydrogen-bond acceptors (Lipinski definition) is 29. The van der Waals surface area contributed by atoms with E-state index in [0.717, 1.165) is 156 Å². The van der Waals surface area contributed by atoms with E-state index in [4.69, 9.17) is 34.1 Å². The highest BCUT2D eigenvalue weighted by molar-refractivity contribution is 6.05. The molecule has 7 amide bonds. The molecule has 36 nitrogen and oxygen atoms in total. The van der Waals surface area contributed by atoms with E-state index in [0.29, 0.717) is 143 Å². The molecule has 8 fully saturated rings. The van der Waals surface area contributed by atoms with Gasteiger partial charge in [-0.3, -0.25) is 43.4 Å². The molecular weight excluding hydrogens is 1870 g/mol. The molecular formula is C112H156N26O10. The number of likely N-dealkylation sites (tertiary alicyclic amines) is 3. The van der Waals surface area contributed by atoms with Gasteiger partial charge in [0.25, 0.3) is 17.7 Å². The Balaban J connectivity index is 0.000000136. The predicted octanol–water partition coefficient (Wildman–Crippen LogP) is 16.0. The van der Waals surface area contributed by atoms with Crippen molar-refractivity contribution in [1.82, 2.24) is 70.5 Å². The number of amides is 7. The van der Waals surface area contributed by atoms with Crippen LogP contribution in [0.25, 0.3) is 0 Å². The highest BCUT2D eigenvalue weighted by Crippen LogP contribution is 2.48. The van der Waals surface area contributed by atoms with Gasteiger partial charge in [-0.25, -0.2) is 19.9 Å². The summed E-state index contributed by atoms with van der Waals surface area (Å²) in [7, 11) is 12.5. The molecule has 5 aliphatic carbocycles. The van der Waals surface area contributed by atoms with Crippen LogP contribution in [0.3, 0.4) is 0 Å². The summed E-state index contributed by atoms with van der Waals surface area (Å²) in [5.41, 5.74) is 5.71. The summed E-state index contributed by atoms with van der Waals surface area (Å²) in [5, 5.41) is 22.7. The summed E-state index contributed by atoms with van der Waals surface area (Å²) in [4.78, 5) is 153.